The van der Waals surface area contributed by atoms with E-state index < -0.39 is 0 Å². The maximum atomic E-state index is 12.8. The second-order valence-corrected chi connectivity index (χ2v) is 7.48. The highest BCUT2D eigenvalue weighted by molar-refractivity contribution is 6.30. The van der Waals surface area contributed by atoms with Gasteiger partial charge in [-0.1, -0.05) is 11.6 Å². The lowest BCUT2D eigenvalue weighted by Crippen LogP contribution is -2.36. The molecule has 33 heavy (non-hydrogen) atoms. The summed E-state index contributed by atoms with van der Waals surface area (Å²) in [5.74, 6) is 0.246. The molecule has 0 radical (unpaired) electrons. The summed E-state index contributed by atoms with van der Waals surface area (Å²) >= 11 is 5.88. The zero-order valence-corrected chi connectivity index (χ0v) is 19.9. The molecule has 0 aliphatic heterocycles. The highest BCUT2D eigenvalue weighted by Gasteiger charge is 2.19. The molecule has 10 heteroatoms. The summed E-state index contributed by atoms with van der Waals surface area (Å²) in [5, 5.41) is 3.36. The normalized spacial score (nSPS) is 10.8. The minimum absolute atomic E-state index is 0.118. The Kier molecular flexibility index (Phi) is 12.3. The summed E-state index contributed by atoms with van der Waals surface area (Å²) in [4.78, 5) is 30.8. The zero-order valence-electron chi connectivity index (χ0n) is 19.2. The lowest BCUT2D eigenvalue weighted by atomic mass is 10.3. The third-order valence-electron chi connectivity index (χ3n) is 4.52. The average molecular weight is 482 g/mol. The molecule has 0 atom stereocenters. The molecule has 0 fully saturated rings. The molecule has 2 rings (SSSR count). The van der Waals surface area contributed by atoms with E-state index in [1.54, 1.807) is 29.2 Å². The molecule has 2 amide bonds. The number of carbonyl (C=O) groups excluding carboxylic acids is 2. The van der Waals surface area contributed by atoms with Crippen LogP contribution in [0, 0.1) is 0 Å². The Bertz CT molecular complexity index is 843. The van der Waals surface area contributed by atoms with Crippen molar-refractivity contribution in [1.29, 1.82) is 0 Å². The van der Waals surface area contributed by atoms with Gasteiger partial charge in [0.05, 0.1) is 6.54 Å². The molecule has 0 saturated heterocycles. The summed E-state index contributed by atoms with van der Waals surface area (Å²) in [6, 6.07) is 6.78. The number of ether oxygens (including phenoxy) is 3. The van der Waals surface area contributed by atoms with Gasteiger partial charge in [-0.2, -0.15) is 0 Å². The molecule has 0 saturated carbocycles. The summed E-state index contributed by atoms with van der Waals surface area (Å²) in [6.07, 6.45) is 2.65. The SMILES string of the molecule is CCOCCCNC(=O)c1coc(CN(CCCOCC)C(=O)COc2ccc(Cl)cc2)n1. The first kappa shape index (κ1) is 26.6. The first-order valence-electron chi connectivity index (χ1n) is 11.1. The van der Waals surface area contributed by atoms with Crippen molar-refractivity contribution in [2.75, 3.05) is 46.1 Å². The van der Waals surface area contributed by atoms with Gasteiger partial charge in [-0.05, 0) is 51.0 Å². The molecule has 0 aliphatic carbocycles. The van der Waals surface area contributed by atoms with Crippen LogP contribution in [0.1, 0.15) is 43.1 Å². The van der Waals surface area contributed by atoms with Crippen LogP contribution >= 0.6 is 11.6 Å². The molecule has 9 nitrogen and oxygen atoms in total. The molecule has 1 aromatic heterocycles. The van der Waals surface area contributed by atoms with E-state index in [9.17, 15) is 9.59 Å². The molecule has 0 unspecified atom stereocenters. The van der Waals surface area contributed by atoms with E-state index in [0.29, 0.717) is 63.1 Å². The van der Waals surface area contributed by atoms with Crippen molar-refractivity contribution in [3.63, 3.8) is 0 Å². The average Bonchev–Trinajstić information content (AvgIpc) is 3.29. The van der Waals surface area contributed by atoms with Gasteiger partial charge in [0.25, 0.3) is 11.8 Å². The maximum absolute atomic E-state index is 12.8. The Morgan fingerprint density at radius 3 is 2.48 bits per heavy atom. The van der Waals surface area contributed by atoms with Crippen LogP contribution in [0.4, 0.5) is 0 Å². The predicted molar refractivity (Wildman–Crippen MR) is 123 cm³/mol. The number of hydrogen-bond acceptors (Lipinski definition) is 7. The molecular weight excluding hydrogens is 450 g/mol. The lowest BCUT2D eigenvalue weighted by Gasteiger charge is -2.21. The summed E-state index contributed by atoms with van der Waals surface area (Å²) in [5.41, 5.74) is 0.167. The zero-order chi connectivity index (χ0) is 23.9. The van der Waals surface area contributed by atoms with E-state index in [4.69, 9.17) is 30.2 Å². The number of benzene rings is 1. The molecule has 0 spiro atoms. The minimum atomic E-state index is -0.332. The van der Waals surface area contributed by atoms with Gasteiger partial charge < -0.3 is 28.8 Å². The van der Waals surface area contributed by atoms with Gasteiger partial charge in [0.1, 0.15) is 12.0 Å². The van der Waals surface area contributed by atoms with E-state index in [-0.39, 0.29) is 36.6 Å². The monoisotopic (exact) mass is 481 g/mol. The standard InChI is InChI=1S/C23H32ClN3O6/c1-3-30-13-5-11-25-23(29)20-16-33-21(26-20)15-27(12-6-14-31-4-2)22(28)17-32-19-9-7-18(24)8-10-19/h7-10,16H,3-6,11-15,17H2,1-2H3,(H,25,29). The van der Waals surface area contributed by atoms with Gasteiger partial charge in [0.15, 0.2) is 12.3 Å². The number of halogens is 1. The fraction of sp³-hybridized carbons (Fsp3) is 0.522. The molecule has 0 aliphatic rings. The van der Waals surface area contributed by atoms with Crippen molar-refractivity contribution in [3.8, 4) is 5.75 Å². The largest absolute Gasteiger partial charge is 0.484 e. The van der Waals surface area contributed by atoms with Gasteiger partial charge in [-0.3, -0.25) is 9.59 Å². The van der Waals surface area contributed by atoms with Crippen LogP contribution in [-0.4, -0.2) is 67.8 Å². The third kappa shape index (κ3) is 10.2. The van der Waals surface area contributed by atoms with Crippen LogP contribution in [0.3, 0.4) is 0 Å². The summed E-state index contributed by atoms with van der Waals surface area (Å²) in [6.45, 7) is 7.08. The van der Waals surface area contributed by atoms with Crippen LogP contribution in [-0.2, 0) is 20.8 Å². The Morgan fingerprint density at radius 1 is 1.09 bits per heavy atom. The Labute approximate surface area is 199 Å². The number of hydrogen-bond donors (Lipinski definition) is 1. The fourth-order valence-corrected chi connectivity index (χ4v) is 2.95. The number of rotatable bonds is 16. The second-order valence-electron chi connectivity index (χ2n) is 7.04. The second kappa shape index (κ2) is 15.3. The number of oxazole rings is 1. The first-order chi connectivity index (χ1) is 16.0. The molecular formula is C23H32ClN3O6. The minimum Gasteiger partial charge on any atom is -0.484 e. The van der Waals surface area contributed by atoms with E-state index in [1.807, 2.05) is 13.8 Å². The predicted octanol–water partition coefficient (Wildman–Crippen LogP) is 3.32. The Morgan fingerprint density at radius 2 is 1.79 bits per heavy atom. The highest BCUT2D eigenvalue weighted by atomic mass is 35.5. The van der Waals surface area contributed by atoms with E-state index in [0.717, 1.165) is 0 Å². The van der Waals surface area contributed by atoms with Crippen LogP contribution in [0.25, 0.3) is 0 Å². The molecule has 182 valence electrons. The van der Waals surface area contributed by atoms with Crippen molar-refractivity contribution in [1.82, 2.24) is 15.2 Å². The third-order valence-corrected chi connectivity index (χ3v) is 4.77. The van der Waals surface area contributed by atoms with Gasteiger partial charge >= 0.3 is 0 Å². The summed E-state index contributed by atoms with van der Waals surface area (Å²) in [7, 11) is 0. The van der Waals surface area contributed by atoms with Crippen LogP contribution in [0.5, 0.6) is 5.75 Å². The molecule has 2 aromatic rings. The van der Waals surface area contributed by atoms with Crippen molar-refractivity contribution in [3.05, 3.63) is 47.1 Å². The maximum Gasteiger partial charge on any atom is 0.273 e. The number of nitrogens with zero attached hydrogens (tertiary/aromatic N) is 2. The topological polar surface area (TPSA) is 103 Å². The van der Waals surface area contributed by atoms with Crippen molar-refractivity contribution in [2.45, 2.75) is 33.2 Å². The van der Waals surface area contributed by atoms with Crippen molar-refractivity contribution in [2.24, 2.45) is 0 Å². The number of aromatic nitrogens is 1. The van der Waals surface area contributed by atoms with Crippen molar-refractivity contribution >= 4 is 23.4 Å². The van der Waals surface area contributed by atoms with Gasteiger partial charge in [0, 0.05) is 44.5 Å². The quantitative estimate of drug-likeness (QED) is 0.367. The number of nitrogens with one attached hydrogen (secondary N) is 1. The fourth-order valence-electron chi connectivity index (χ4n) is 2.82. The summed E-state index contributed by atoms with van der Waals surface area (Å²) < 4.78 is 21.6. The van der Waals surface area contributed by atoms with E-state index >= 15 is 0 Å². The number of amides is 2. The van der Waals surface area contributed by atoms with Crippen molar-refractivity contribution < 1.29 is 28.2 Å². The highest BCUT2D eigenvalue weighted by Crippen LogP contribution is 2.16. The lowest BCUT2D eigenvalue weighted by molar-refractivity contribution is -0.134. The van der Waals surface area contributed by atoms with Crippen LogP contribution < -0.4 is 10.1 Å². The number of carbonyl (C=O) groups is 2. The smallest absolute Gasteiger partial charge is 0.273 e. The molecule has 1 N–H and O–H groups in total. The van der Waals surface area contributed by atoms with Gasteiger partial charge in [0.2, 0.25) is 5.89 Å². The van der Waals surface area contributed by atoms with Gasteiger partial charge in [-0.15, -0.1) is 0 Å². The first-order valence-corrected chi connectivity index (χ1v) is 11.5. The molecule has 1 heterocycles. The van der Waals surface area contributed by atoms with Crippen LogP contribution in [0.2, 0.25) is 5.02 Å². The Balaban J connectivity index is 1.91. The van der Waals surface area contributed by atoms with Crippen LogP contribution in [0.15, 0.2) is 34.9 Å². The molecule has 1 aromatic carbocycles. The molecule has 0 bridgehead atoms. The van der Waals surface area contributed by atoms with E-state index in [2.05, 4.69) is 10.3 Å². The van der Waals surface area contributed by atoms with Gasteiger partial charge in [-0.25, -0.2) is 4.98 Å². The Hall–Kier alpha value is -2.62. The van der Waals surface area contributed by atoms with E-state index in [1.165, 1.54) is 6.26 Å².